The van der Waals surface area contributed by atoms with Crippen LogP contribution in [0.5, 0.6) is 0 Å². The van der Waals surface area contributed by atoms with E-state index >= 15 is 0 Å². The number of anilines is 1. The van der Waals surface area contributed by atoms with Crippen molar-refractivity contribution in [2.45, 2.75) is 57.3 Å². The molecule has 0 atom stereocenters. The number of carbonyl (C=O) groups is 1. The number of nitrogens with one attached hydrogen (secondary N) is 2. The molecule has 3 aliphatic heterocycles. The van der Waals surface area contributed by atoms with Crippen LogP contribution >= 0.6 is 0 Å². The topological polar surface area (TPSA) is 143 Å². The van der Waals surface area contributed by atoms with Crippen molar-refractivity contribution in [1.29, 1.82) is 0 Å². The fraction of sp³-hybridized carbons (Fsp3) is 0.519. The maximum atomic E-state index is 13.1. The molecule has 2 aromatic carbocycles. The predicted octanol–water partition coefficient (Wildman–Crippen LogP) is 6.69. The van der Waals surface area contributed by atoms with Crippen molar-refractivity contribution in [3.8, 4) is 0 Å². The van der Waals surface area contributed by atoms with E-state index < -0.39 is 11.3 Å². The van der Waals surface area contributed by atoms with Crippen LogP contribution in [-0.2, 0) is 17.7 Å². The van der Waals surface area contributed by atoms with E-state index in [1.807, 2.05) is 18.2 Å². The number of likely N-dealkylation sites (tertiary alicyclic amines) is 1. The van der Waals surface area contributed by atoms with E-state index in [9.17, 15) is 9.18 Å². The van der Waals surface area contributed by atoms with Gasteiger partial charge in [-0.1, -0.05) is 12.1 Å². The number of hydrogen-bond acceptors (Lipinski definition) is 10. The van der Waals surface area contributed by atoms with Crippen LogP contribution in [0.1, 0.15) is 56.2 Å². The molecule has 2 aromatic rings. The van der Waals surface area contributed by atoms with Gasteiger partial charge in [-0.3, -0.25) is 0 Å². The lowest BCUT2D eigenvalue weighted by Gasteiger charge is -2.32. The quantitative estimate of drug-likeness (QED) is 0.319. The fourth-order valence-corrected chi connectivity index (χ4v) is 5.15. The van der Waals surface area contributed by atoms with E-state index in [2.05, 4.69) is 56.9 Å². The number of carbonyl (C=O) groups excluding carboxylic acids is 1. The van der Waals surface area contributed by atoms with Crippen molar-refractivity contribution in [2.75, 3.05) is 31.5 Å². The minimum Gasteiger partial charge on any atom is -0.338 e. The molecule has 0 unspecified atom stereocenters. The number of hydrogen-bond donors (Lipinski definition) is 2. The summed E-state index contributed by atoms with van der Waals surface area (Å²) in [6.45, 7) is 7.30. The van der Waals surface area contributed by atoms with Crippen molar-refractivity contribution in [3.05, 3.63) is 65.0 Å². The third-order valence-electron chi connectivity index (χ3n) is 7.65. The Bertz CT molecular complexity index is 1240. The molecule has 13 heteroatoms. The van der Waals surface area contributed by atoms with Crippen LogP contribution in [0.15, 0.2) is 83.8 Å². The van der Waals surface area contributed by atoms with Crippen molar-refractivity contribution in [1.82, 2.24) is 10.2 Å². The Morgan fingerprint density at radius 2 is 1.48 bits per heavy atom. The lowest BCUT2D eigenvalue weighted by atomic mass is 9.90. The highest BCUT2D eigenvalue weighted by Crippen LogP contribution is 2.39. The van der Waals surface area contributed by atoms with E-state index in [0.29, 0.717) is 29.3 Å². The van der Waals surface area contributed by atoms with Gasteiger partial charge in [0.2, 0.25) is 11.3 Å². The number of rotatable bonds is 10. The number of amides is 2. The highest BCUT2D eigenvalue weighted by Gasteiger charge is 2.35. The Morgan fingerprint density at radius 1 is 0.900 bits per heavy atom. The molecule has 0 aromatic heterocycles. The summed E-state index contributed by atoms with van der Waals surface area (Å²) in [4.78, 5) is 15.2. The first-order valence-corrected chi connectivity index (χ1v) is 13.7. The molecule has 40 heavy (non-hydrogen) atoms. The number of nitrogens with zero attached hydrogens (tertiary/aromatic N) is 9. The summed E-state index contributed by atoms with van der Waals surface area (Å²) in [5.74, 6) is 0.467. The number of halogens is 1. The maximum Gasteiger partial charge on any atom is 0.319 e. The average Bonchev–Trinajstić information content (AvgIpc) is 3.60. The summed E-state index contributed by atoms with van der Waals surface area (Å²) in [6, 6.07) is 12.0. The van der Waals surface area contributed by atoms with Crippen LogP contribution in [-0.4, -0.2) is 37.1 Å². The van der Waals surface area contributed by atoms with Crippen LogP contribution in [0.25, 0.3) is 0 Å². The number of piperidine rings is 1. The van der Waals surface area contributed by atoms with Crippen LogP contribution in [0.4, 0.5) is 14.9 Å². The van der Waals surface area contributed by atoms with Gasteiger partial charge in [-0.2, -0.15) is 0 Å². The van der Waals surface area contributed by atoms with Crippen molar-refractivity contribution < 1.29 is 9.18 Å². The molecule has 5 rings (SSSR count). The molecule has 1 saturated heterocycles. The summed E-state index contributed by atoms with van der Waals surface area (Å²) < 4.78 is 13.1. The zero-order valence-electron chi connectivity index (χ0n) is 22.8. The number of urea groups is 1. The SMILES string of the molecule is CC1(c2cc(NC(=O)NCCCCN3CCC(Cc4ccc(F)cc4)CC3)cc(C3(C)N=NN=N3)c2)N=NN=N1. The molecule has 0 aliphatic carbocycles. The minimum atomic E-state index is -0.998. The van der Waals surface area contributed by atoms with Crippen LogP contribution in [0, 0.1) is 11.7 Å². The molecular formula is C27H34FN11O. The highest BCUT2D eigenvalue weighted by atomic mass is 19.1. The Hall–Kier alpha value is -4.00. The summed E-state index contributed by atoms with van der Waals surface area (Å²) in [6.07, 6.45) is 5.21. The standard InChI is InChI=1S/C27H34FN11O/c1-26(31-35-36-32-26)21-16-22(27(2)33-37-38-34-27)18-24(17-21)30-25(40)29-11-3-4-12-39-13-9-20(10-14-39)15-19-5-7-23(28)8-6-19/h5-8,16-18,20H,3-4,9-15H2,1-2H3,(H2,29,30,40). The first-order chi connectivity index (χ1) is 19.3. The summed E-state index contributed by atoms with van der Waals surface area (Å²) in [7, 11) is 0. The summed E-state index contributed by atoms with van der Waals surface area (Å²) >= 11 is 0. The molecule has 0 spiro atoms. The molecule has 2 amide bonds. The minimum absolute atomic E-state index is 0.182. The zero-order valence-corrected chi connectivity index (χ0v) is 22.8. The first kappa shape index (κ1) is 27.6. The van der Waals surface area contributed by atoms with Crippen molar-refractivity contribution in [3.63, 3.8) is 0 Å². The Labute approximate surface area is 232 Å². The molecule has 3 heterocycles. The van der Waals surface area contributed by atoms with Gasteiger partial charge in [-0.25, -0.2) is 9.18 Å². The van der Waals surface area contributed by atoms with E-state index in [-0.39, 0.29) is 11.8 Å². The van der Waals surface area contributed by atoms with Gasteiger partial charge in [0, 0.05) is 23.4 Å². The first-order valence-electron chi connectivity index (χ1n) is 13.7. The molecule has 12 nitrogen and oxygen atoms in total. The van der Waals surface area contributed by atoms with E-state index in [4.69, 9.17) is 0 Å². The monoisotopic (exact) mass is 547 g/mol. The molecule has 1 fully saturated rings. The molecule has 0 bridgehead atoms. The summed E-state index contributed by atoms with van der Waals surface area (Å²) in [5.41, 5.74) is 1.13. The second-order valence-electron chi connectivity index (χ2n) is 10.8. The van der Waals surface area contributed by atoms with E-state index in [0.717, 1.165) is 51.7 Å². The van der Waals surface area contributed by atoms with Crippen molar-refractivity contribution in [2.24, 2.45) is 47.3 Å². The molecule has 2 N–H and O–H groups in total. The van der Waals surface area contributed by atoms with Gasteiger partial charge in [0.1, 0.15) is 5.82 Å². The van der Waals surface area contributed by atoms with E-state index in [1.54, 1.807) is 38.1 Å². The van der Waals surface area contributed by atoms with Crippen LogP contribution < -0.4 is 10.6 Å². The Kier molecular flexibility index (Phi) is 8.29. The van der Waals surface area contributed by atoms with Crippen LogP contribution in [0.2, 0.25) is 0 Å². The van der Waals surface area contributed by atoms with Crippen LogP contribution in [0.3, 0.4) is 0 Å². The zero-order chi connectivity index (χ0) is 28.0. The molecule has 0 saturated carbocycles. The van der Waals surface area contributed by atoms with Gasteiger partial charge in [-0.15, -0.1) is 20.5 Å². The van der Waals surface area contributed by atoms with Gasteiger partial charge in [0.25, 0.3) is 0 Å². The average molecular weight is 548 g/mol. The Balaban J connectivity index is 1.06. The Morgan fingerprint density at radius 3 is 2.05 bits per heavy atom. The smallest absolute Gasteiger partial charge is 0.319 e. The highest BCUT2D eigenvalue weighted by molar-refractivity contribution is 5.89. The molecule has 0 radical (unpaired) electrons. The lowest BCUT2D eigenvalue weighted by Crippen LogP contribution is -2.35. The van der Waals surface area contributed by atoms with Crippen molar-refractivity contribution >= 4 is 11.7 Å². The van der Waals surface area contributed by atoms with Gasteiger partial charge < -0.3 is 15.5 Å². The normalized spacial score (nSPS) is 19.4. The third kappa shape index (κ3) is 6.76. The molecule has 210 valence electrons. The second-order valence-corrected chi connectivity index (χ2v) is 10.8. The third-order valence-corrected chi connectivity index (χ3v) is 7.65. The predicted molar refractivity (Wildman–Crippen MR) is 146 cm³/mol. The lowest BCUT2D eigenvalue weighted by molar-refractivity contribution is 0.181. The second kappa shape index (κ2) is 12.0. The van der Waals surface area contributed by atoms with Gasteiger partial charge in [0.05, 0.1) is 0 Å². The van der Waals surface area contributed by atoms with Gasteiger partial charge in [-0.05, 0) is 128 Å². The number of benzene rings is 2. The molecular weight excluding hydrogens is 513 g/mol. The molecule has 3 aliphatic rings. The largest absolute Gasteiger partial charge is 0.338 e. The maximum absolute atomic E-state index is 13.1. The van der Waals surface area contributed by atoms with E-state index in [1.165, 1.54) is 5.56 Å². The number of unbranched alkanes of at least 4 members (excludes halogenated alkanes) is 1. The van der Waals surface area contributed by atoms with Gasteiger partial charge >= 0.3 is 6.03 Å². The van der Waals surface area contributed by atoms with Gasteiger partial charge in [0.15, 0.2) is 0 Å². The fourth-order valence-electron chi connectivity index (χ4n) is 5.15. The summed E-state index contributed by atoms with van der Waals surface area (Å²) in [5, 5.41) is 36.9.